The minimum Gasteiger partial charge on any atom is -0.478 e. The fraction of sp³-hybridized carbons (Fsp3) is 0.121. The maximum Gasteiger partial charge on any atom is 0.335 e. The van der Waals surface area contributed by atoms with Gasteiger partial charge in [0.25, 0.3) is 0 Å². The van der Waals surface area contributed by atoms with Crippen molar-refractivity contribution < 1.29 is 44.1 Å². The van der Waals surface area contributed by atoms with E-state index in [9.17, 15) is 28.8 Å². The molecule has 0 aliphatic heterocycles. The van der Waals surface area contributed by atoms with E-state index >= 15 is 0 Å². The molecule has 3 heterocycles. The Morgan fingerprint density at radius 2 is 0.687 bits per heavy atom. The lowest BCUT2D eigenvalue weighted by Gasteiger charge is -2.18. The molecule has 0 radical (unpaired) electrons. The molecule has 10 aromatic rings. The van der Waals surface area contributed by atoms with Gasteiger partial charge in [0, 0.05) is 21.7 Å². The number of aromatic carboxylic acids is 3. The Morgan fingerprint density at radius 1 is 0.398 bits per heavy atom. The van der Waals surface area contributed by atoms with Crippen molar-refractivity contribution in [2.24, 2.45) is 0 Å². The molecule has 3 aromatic heterocycles. The van der Waals surface area contributed by atoms with Gasteiger partial charge in [-0.05, 0) is 150 Å². The van der Waals surface area contributed by atoms with Crippen molar-refractivity contribution in [1.29, 1.82) is 0 Å². The number of carbonyl (C=O) groups excluding carboxylic acids is 3. The molecule has 418 valence electrons. The molecule has 0 amide bonds. The number of carboxylic acid groups (broad SMARTS) is 3. The monoisotopic (exact) mass is 1190 g/mol. The molecule has 21 nitrogen and oxygen atoms in total. The van der Waals surface area contributed by atoms with E-state index in [-0.39, 0.29) is 56.7 Å². The molecule has 7 aromatic carbocycles. The van der Waals surface area contributed by atoms with E-state index in [2.05, 4.69) is 67.3 Å². The standard InChI is InChI=1S/C22H16N4O3S.C20H20N4O3S.C16H11ClN4O3S/c27-20(17-8-6-16(7-9-17)15-4-2-1-3-5-15)14-30-22-23-24-25-26(22)19-12-10-18(11-13-19)21(28)29;1-20(2,3)15-8-4-13(5-9-15)17(25)12-28-19-21-22-23-24(19)16-10-6-14(7-11-16)18(26)27;17-12-5-1-10(2-6-12)14(22)9-25-16-18-19-20-21(16)13-7-3-11(4-8-13)15(23)24/h1-13H,14H2,(H,28,29);4-11H,12H2,1-3H3,(H,26,27);1-8H,9H2,(H,23,24). The smallest absolute Gasteiger partial charge is 0.335 e. The predicted molar refractivity (Wildman–Crippen MR) is 312 cm³/mol. The minimum absolute atomic E-state index is 0.0127. The van der Waals surface area contributed by atoms with Crippen molar-refractivity contribution >= 4 is 82.1 Å². The number of benzene rings is 7. The maximum atomic E-state index is 12.6. The highest BCUT2D eigenvalue weighted by Gasteiger charge is 2.19. The topological polar surface area (TPSA) is 294 Å². The Bertz CT molecular complexity index is 3880. The molecule has 0 unspecified atom stereocenters. The number of hydrogen-bond acceptors (Lipinski definition) is 18. The zero-order chi connectivity index (χ0) is 59.0. The Balaban J connectivity index is 0.000000163. The van der Waals surface area contributed by atoms with Crippen LogP contribution in [0.4, 0.5) is 0 Å². The summed E-state index contributed by atoms with van der Waals surface area (Å²) in [6, 6.07) is 50.3. The minimum atomic E-state index is -1.01. The number of nitrogens with zero attached hydrogens (tertiary/aromatic N) is 12. The van der Waals surface area contributed by atoms with E-state index in [0.717, 1.165) is 11.1 Å². The molecule has 0 bridgehead atoms. The molecule has 0 aliphatic carbocycles. The van der Waals surface area contributed by atoms with Crippen LogP contribution in [0, 0.1) is 0 Å². The summed E-state index contributed by atoms with van der Waals surface area (Å²) in [7, 11) is 0. The molecule has 0 spiro atoms. The van der Waals surface area contributed by atoms with Crippen LogP contribution in [0.3, 0.4) is 0 Å². The van der Waals surface area contributed by atoms with E-state index in [0.29, 0.717) is 54.2 Å². The first-order valence-electron chi connectivity index (χ1n) is 24.8. The number of ketones is 3. The quantitative estimate of drug-likeness (QED) is 0.0501. The van der Waals surface area contributed by atoms with Crippen LogP contribution in [0.2, 0.25) is 5.02 Å². The van der Waals surface area contributed by atoms with Gasteiger partial charge in [-0.25, -0.2) is 14.4 Å². The van der Waals surface area contributed by atoms with Crippen molar-refractivity contribution in [1.82, 2.24) is 60.6 Å². The number of hydrogen-bond donors (Lipinski definition) is 3. The molecule has 0 aliphatic rings. The first-order valence-corrected chi connectivity index (χ1v) is 28.1. The number of tetrazole rings is 3. The molecule has 0 atom stereocenters. The normalized spacial score (nSPS) is 10.9. The third kappa shape index (κ3) is 16.1. The van der Waals surface area contributed by atoms with Gasteiger partial charge in [0.15, 0.2) is 17.3 Å². The Kier molecular flexibility index (Phi) is 20.0. The molecule has 0 saturated carbocycles. The first kappa shape index (κ1) is 59.6. The van der Waals surface area contributed by atoms with Gasteiger partial charge in [0.05, 0.1) is 51.0 Å². The number of carbonyl (C=O) groups is 6. The number of Topliss-reactive ketones (excluding diaryl/α,β-unsaturated/α-hetero) is 3. The average Bonchev–Trinajstić information content (AvgIpc) is 4.41. The summed E-state index contributed by atoms with van der Waals surface area (Å²) in [6.07, 6.45) is 0. The second-order valence-electron chi connectivity index (χ2n) is 18.6. The van der Waals surface area contributed by atoms with Crippen LogP contribution in [-0.4, -0.2) is 128 Å². The molecule has 3 N–H and O–H groups in total. The zero-order valence-corrected chi connectivity index (χ0v) is 47.3. The van der Waals surface area contributed by atoms with Crippen LogP contribution in [0.15, 0.2) is 191 Å². The highest BCUT2D eigenvalue weighted by Crippen LogP contribution is 2.26. The lowest BCUT2D eigenvalue weighted by molar-refractivity contribution is 0.0686. The van der Waals surface area contributed by atoms with Gasteiger partial charge in [-0.2, -0.15) is 14.0 Å². The van der Waals surface area contributed by atoms with Gasteiger partial charge in [0.2, 0.25) is 15.5 Å². The van der Waals surface area contributed by atoms with Gasteiger partial charge in [-0.15, -0.1) is 15.3 Å². The molecule has 83 heavy (non-hydrogen) atoms. The number of carboxylic acids is 3. The van der Waals surface area contributed by atoms with E-state index in [1.165, 1.54) is 91.3 Å². The molecule has 0 saturated heterocycles. The SMILES string of the molecule is CC(C)(C)c1ccc(C(=O)CSc2nnnn2-c2ccc(C(=O)O)cc2)cc1.O=C(O)c1ccc(-n2nnnc2SCC(=O)c2ccc(-c3ccccc3)cc2)cc1.O=C(O)c1ccc(-n2nnnc2SCC(=O)c2ccc(Cl)cc2)cc1. The van der Waals surface area contributed by atoms with Gasteiger partial charge < -0.3 is 15.3 Å². The van der Waals surface area contributed by atoms with Crippen LogP contribution >= 0.6 is 46.9 Å². The second-order valence-corrected chi connectivity index (χ2v) is 21.9. The van der Waals surface area contributed by atoms with Crippen LogP contribution in [0.1, 0.15) is 88.5 Å². The molecular formula is C58H47ClN12O9S3. The van der Waals surface area contributed by atoms with Crippen molar-refractivity contribution in [2.45, 2.75) is 41.7 Å². The van der Waals surface area contributed by atoms with Gasteiger partial charge in [-0.3, -0.25) is 14.4 Å². The molecule has 25 heteroatoms. The van der Waals surface area contributed by atoms with Gasteiger partial charge in [0.1, 0.15) is 0 Å². The Hall–Kier alpha value is -9.49. The fourth-order valence-electron chi connectivity index (χ4n) is 7.44. The van der Waals surface area contributed by atoms with Crippen molar-refractivity contribution in [3.8, 4) is 28.2 Å². The second kappa shape index (κ2) is 27.8. The fourth-order valence-corrected chi connectivity index (χ4v) is 9.92. The van der Waals surface area contributed by atoms with E-state index in [4.69, 9.17) is 26.9 Å². The van der Waals surface area contributed by atoms with Gasteiger partial charge in [-0.1, -0.05) is 147 Å². The van der Waals surface area contributed by atoms with Crippen LogP contribution in [-0.2, 0) is 5.41 Å². The summed E-state index contributed by atoms with van der Waals surface area (Å²) >= 11 is 9.46. The van der Waals surface area contributed by atoms with Crippen LogP contribution in [0.5, 0.6) is 0 Å². The third-order valence-corrected chi connectivity index (χ3v) is 15.0. The molecule has 10 rings (SSSR count). The summed E-state index contributed by atoms with van der Waals surface area (Å²) < 4.78 is 4.40. The summed E-state index contributed by atoms with van der Waals surface area (Å²) in [6.45, 7) is 6.38. The van der Waals surface area contributed by atoms with Crippen LogP contribution in [0.25, 0.3) is 28.2 Å². The number of rotatable bonds is 19. The Labute approximate surface area is 491 Å². The largest absolute Gasteiger partial charge is 0.478 e. The number of thioether (sulfide) groups is 3. The highest BCUT2D eigenvalue weighted by atomic mass is 35.5. The lowest BCUT2D eigenvalue weighted by atomic mass is 9.86. The molecule has 0 fully saturated rings. The predicted octanol–water partition coefficient (Wildman–Crippen LogP) is 10.6. The van der Waals surface area contributed by atoms with E-state index < -0.39 is 17.9 Å². The van der Waals surface area contributed by atoms with Crippen molar-refractivity contribution in [2.75, 3.05) is 17.3 Å². The van der Waals surface area contributed by atoms with E-state index in [1.807, 2.05) is 78.9 Å². The van der Waals surface area contributed by atoms with Crippen molar-refractivity contribution in [3.63, 3.8) is 0 Å². The van der Waals surface area contributed by atoms with E-state index in [1.54, 1.807) is 60.7 Å². The summed E-state index contributed by atoms with van der Waals surface area (Å²) in [4.78, 5) is 70.2. The average molecular weight is 1190 g/mol. The zero-order valence-electron chi connectivity index (χ0n) is 44.1. The first-order chi connectivity index (χ1) is 39.9. The lowest BCUT2D eigenvalue weighted by Crippen LogP contribution is -2.11. The highest BCUT2D eigenvalue weighted by molar-refractivity contribution is 8.00. The summed E-state index contributed by atoms with van der Waals surface area (Å²) in [5.74, 6) is -2.59. The number of aromatic nitrogens is 12. The van der Waals surface area contributed by atoms with Gasteiger partial charge >= 0.3 is 17.9 Å². The van der Waals surface area contributed by atoms with Crippen molar-refractivity contribution in [3.05, 3.63) is 220 Å². The summed E-state index contributed by atoms with van der Waals surface area (Å²) in [5, 5.41) is 63.4. The van der Waals surface area contributed by atoms with Crippen LogP contribution < -0.4 is 0 Å². The molecular weight excluding hydrogens is 1140 g/mol. The third-order valence-electron chi connectivity index (χ3n) is 11.9. The maximum absolute atomic E-state index is 12.6. The summed E-state index contributed by atoms with van der Waals surface area (Å²) in [5.41, 5.74) is 7.55. The number of halogens is 1. The Morgan fingerprint density at radius 3 is 1.00 bits per heavy atom.